The van der Waals surface area contributed by atoms with Crippen LogP contribution in [-0.2, 0) is 14.9 Å². The lowest BCUT2D eigenvalue weighted by atomic mass is 9.95. The molecule has 1 atom stereocenters. The highest BCUT2D eigenvalue weighted by atomic mass is 79.9. The molecule has 1 heterocycles. The minimum absolute atomic E-state index is 0.270. The van der Waals surface area contributed by atoms with Gasteiger partial charge in [-0.3, -0.25) is 4.79 Å². The zero-order valence-corrected chi connectivity index (χ0v) is 23.6. The summed E-state index contributed by atoms with van der Waals surface area (Å²) in [5.41, 5.74) is 0.557. The van der Waals surface area contributed by atoms with Gasteiger partial charge in [0, 0.05) is 9.89 Å². The Kier molecular flexibility index (Phi) is 8.38. The van der Waals surface area contributed by atoms with E-state index in [1.54, 1.807) is 31.3 Å². The van der Waals surface area contributed by atoms with Gasteiger partial charge in [-0.1, -0.05) is 36.7 Å². The SMILES string of the molecule is CCOc1cc(C=Nn2c(C(C)(C)C)nc3ccc(Br)cc3c2=O)cc(Br)c1O[C@H](C)C(=O)OC. The average molecular weight is 609 g/mol. The molecular weight excluding hydrogens is 582 g/mol. The van der Waals surface area contributed by atoms with Crippen LogP contribution in [0.3, 0.4) is 0 Å². The van der Waals surface area contributed by atoms with Gasteiger partial charge in [0.15, 0.2) is 17.6 Å². The Morgan fingerprint density at radius 3 is 2.57 bits per heavy atom. The number of rotatable bonds is 7. The van der Waals surface area contributed by atoms with Crippen molar-refractivity contribution in [3.63, 3.8) is 0 Å². The Morgan fingerprint density at radius 1 is 1.23 bits per heavy atom. The molecule has 0 aliphatic carbocycles. The van der Waals surface area contributed by atoms with Crippen LogP contribution in [0.5, 0.6) is 11.5 Å². The van der Waals surface area contributed by atoms with Gasteiger partial charge >= 0.3 is 5.97 Å². The summed E-state index contributed by atoms with van der Waals surface area (Å²) in [6, 6.07) is 8.89. The number of hydrogen-bond donors (Lipinski definition) is 0. The second-order valence-electron chi connectivity index (χ2n) is 8.75. The molecule has 2 aromatic carbocycles. The molecule has 3 rings (SSSR count). The van der Waals surface area contributed by atoms with Crippen molar-refractivity contribution in [1.82, 2.24) is 9.66 Å². The van der Waals surface area contributed by atoms with Crippen LogP contribution in [0.2, 0.25) is 0 Å². The van der Waals surface area contributed by atoms with E-state index in [2.05, 4.69) is 37.0 Å². The molecule has 186 valence electrons. The Hall–Kier alpha value is -2.72. The van der Waals surface area contributed by atoms with Gasteiger partial charge in [-0.2, -0.15) is 9.78 Å². The highest BCUT2D eigenvalue weighted by Crippen LogP contribution is 2.37. The smallest absolute Gasteiger partial charge is 0.346 e. The fraction of sp³-hybridized carbons (Fsp3) is 0.360. The van der Waals surface area contributed by atoms with E-state index < -0.39 is 17.5 Å². The highest BCUT2D eigenvalue weighted by Gasteiger charge is 2.23. The minimum atomic E-state index is -0.828. The summed E-state index contributed by atoms with van der Waals surface area (Å²) in [7, 11) is 1.30. The van der Waals surface area contributed by atoms with Gasteiger partial charge in [-0.15, -0.1) is 0 Å². The normalized spacial score (nSPS) is 12.7. The van der Waals surface area contributed by atoms with Crippen molar-refractivity contribution < 1.29 is 19.0 Å². The monoisotopic (exact) mass is 607 g/mol. The van der Waals surface area contributed by atoms with Crippen molar-refractivity contribution in [1.29, 1.82) is 0 Å². The van der Waals surface area contributed by atoms with Gasteiger partial charge in [0.1, 0.15) is 5.82 Å². The van der Waals surface area contributed by atoms with Gasteiger partial charge in [0.2, 0.25) is 0 Å². The first-order valence-corrected chi connectivity index (χ1v) is 12.5. The quantitative estimate of drug-likeness (QED) is 0.262. The van der Waals surface area contributed by atoms with E-state index in [1.807, 2.05) is 39.8 Å². The zero-order chi connectivity index (χ0) is 25.9. The van der Waals surface area contributed by atoms with Gasteiger partial charge in [-0.05, 0) is 65.7 Å². The predicted molar refractivity (Wildman–Crippen MR) is 143 cm³/mol. The van der Waals surface area contributed by atoms with Crippen LogP contribution in [0.4, 0.5) is 0 Å². The number of benzene rings is 2. The first-order chi connectivity index (χ1) is 16.5. The van der Waals surface area contributed by atoms with Crippen molar-refractivity contribution in [3.8, 4) is 11.5 Å². The van der Waals surface area contributed by atoms with Crippen LogP contribution in [0, 0.1) is 0 Å². The van der Waals surface area contributed by atoms with E-state index in [9.17, 15) is 9.59 Å². The fourth-order valence-corrected chi connectivity index (χ4v) is 4.21. The molecule has 0 N–H and O–H groups in total. The zero-order valence-electron chi connectivity index (χ0n) is 20.4. The molecule has 0 fully saturated rings. The molecule has 3 aromatic rings. The fourth-order valence-electron chi connectivity index (χ4n) is 3.30. The average Bonchev–Trinajstić information content (AvgIpc) is 2.79. The number of aromatic nitrogens is 2. The summed E-state index contributed by atoms with van der Waals surface area (Å²) in [4.78, 5) is 29.9. The minimum Gasteiger partial charge on any atom is -0.490 e. The molecule has 0 aliphatic heterocycles. The number of halogens is 2. The van der Waals surface area contributed by atoms with Crippen molar-refractivity contribution in [2.45, 2.75) is 46.1 Å². The Labute approximate surface area is 220 Å². The summed E-state index contributed by atoms with van der Waals surface area (Å²) in [5.74, 6) is 0.814. The van der Waals surface area contributed by atoms with E-state index in [1.165, 1.54) is 11.8 Å². The van der Waals surface area contributed by atoms with Crippen molar-refractivity contribution >= 4 is 54.9 Å². The largest absolute Gasteiger partial charge is 0.490 e. The van der Waals surface area contributed by atoms with Crippen molar-refractivity contribution in [2.24, 2.45) is 5.10 Å². The molecule has 35 heavy (non-hydrogen) atoms. The first kappa shape index (κ1) is 26.9. The van der Waals surface area contributed by atoms with Crippen molar-refractivity contribution in [2.75, 3.05) is 13.7 Å². The maximum Gasteiger partial charge on any atom is 0.346 e. The number of ether oxygens (including phenoxy) is 3. The van der Waals surface area contributed by atoms with Gasteiger partial charge in [-0.25, -0.2) is 9.78 Å². The summed E-state index contributed by atoms with van der Waals surface area (Å²) >= 11 is 6.91. The Balaban J connectivity index is 2.11. The predicted octanol–water partition coefficient (Wildman–Crippen LogP) is 5.44. The van der Waals surface area contributed by atoms with Crippen LogP contribution in [-0.4, -0.2) is 41.7 Å². The number of carbonyl (C=O) groups is 1. The summed E-state index contributed by atoms with van der Waals surface area (Å²) in [5, 5.41) is 4.97. The number of fused-ring (bicyclic) bond motifs is 1. The standard InChI is InChI=1S/C25H27Br2N3O5/c1-7-34-20-11-15(10-18(27)21(20)35-14(2)23(32)33-6)13-28-30-22(31)17-12-16(26)8-9-19(17)29-24(30)25(3,4)5/h8-14H,7H2,1-6H3/t14-/m1/s1. The molecule has 0 amide bonds. The maximum absolute atomic E-state index is 13.4. The lowest BCUT2D eigenvalue weighted by Crippen LogP contribution is -2.29. The van der Waals surface area contributed by atoms with E-state index in [4.69, 9.17) is 19.2 Å². The van der Waals surface area contributed by atoms with Crippen LogP contribution in [0.25, 0.3) is 10.9 Å². The first-order valence-electron chi connectivity index (χ1n) is 10.9. The second kappa shape index (κ2) is 10.9. The second-order valence-corrected chi connectivity index (χ2v) is 10.5. The Bertz CT molecular complexity index is 1350. The molecular formula is C25H27Br2N3O5. The molecule has 0 aliphatic rings. The molecule has 10 heteroatoms. The molecule has 8 nitrogen and oxygen atoms in total. The molecule has 1 aromatic heterocycles. The number of esters is 1. The van der Waals surface area contributed by atoms with Gasteiger partial charge < -0.3 is 14.2 Å². The summed E-state index contributed by atoms with van der Waals surface area (Å²) in [6.07, 6.45) is 0.731. The van der Waals surface area contributed by atoms with Crippen LogP contribution < -0.4 is 15.0 Å². The third-order valence-corrected chi connectivity index (χ3v) is 6.04. The highest BCUT2D eigenvalue weighted by molar-refractivity contribution is 9.10. The van der Waals surface area contributed by atoms with Crippen LogP contribution in [0.1, 0.15) is 46.0 Å². The molecule has 0 radical (unpaired) electrons. The van der Waals surface area contributed by atoms with E-state index in [-0.39, 0.29) is 5.56 Å². The summed E-state index contributed by atoms with van der Waals surface area (Å²) in [6.45, 7) is 9.75. The maximum atomic E-state index is 13.4. The number of nitrogens with zero attached hydrogens (tertiary/aromatic N) is 3. The van der Waals surface area contributed by atoms with E-state index in [0.29, 0.717) is 44.9 Å². The third kappa shape index (κ3) is 6.10. The van der Waals surface area contributed by atoms with E-state index >= 15 is 0 Å². The lowest BCUT2D eigenvalue weighted by molar-refractivity contribution is -0.147. The lowest BCUT2D eigenvalue weighted by Gasteiger charge is -2.21. The molecule has 0 bridgehead atoms. The molecule has 0 saturated heterocycles. The molecule has 0 saturated carbocycles. The van der Waals surface area contributed by atoms with E-state index in [0.717, 1.165) is 4.47 Å². The molecule has 0 spiro atoms. The Morgan fingerprint density at radius 2 is 1.94 bits per heavy atom. The van der Waals surface area contributed by atoms with Gasteiger partial charge in [0.05, 0.1) is 35.3 Å². The van der Waals surface area contributed by atoms with Crippen LogP contribution in [0.15, 0.2) is 49.2 Å². The topological polar surface area (TPSA) is 92.0 Å². The number of methoxy groups -OCH3 is 1. The van der Waals surface area contributed by atoms with Gasteiger partial charge in [0.25, 0.3) is 5.56 Å². The van der Waals surface area contributed by atoms with Crippen LogP contribution >= 0.6 is 31.9 Å². The van der Waals surface area contributed by atoms with Crippen molar-refractivity contribution in [3.05, 3.63) is 61.0 Å². The molecule has 0 unspecified atom stereocenters. The third-order valence-electron chi connectivity index (χ3n) is 4.96. The number of carbonyl (C=O) groups excluding carboxylic acids is 1. The number of hydrogen-bond acceptors (Lipinski definition) is 7. The summed E-state index contributed by atoms with van der Waals surface area (Å²) < 4.78 is 18.9.